The van der Waals surface area contributed by atoms with Gasteiger partial charge in [-0.05, 0) is 25.1 Å². The number of hydrogen-bond acceptors (Lipinski definition) is 7. The number of rotatable bonds is 7. The zero-order valence-electron chi connectivity index (χ0n) is 19.0. The van der Waals surface area contributed by atoms with E-state index in [4.69, 9.17) is 4.74 Å². The molecular weight excluding hydrogens is 459 g/mol. The molecule has 5 rings (SSSR count). The number of sulfonamides is 1. The Bertz CT molecular complexity index is 1280. The average Bonchev–Trinajstić information content (AvgIpc) is 3.24. The van der Waals surface area contributed by atoms with E-state index >= 15 is 4.39 Å². The molecule has 0 saturated carbocycles. The van der Waals surface area contributed by atoms with Crippen LogP contribution in [0.25, 0.3) is 0 Å². The SMILES string of the molecule is CNC1COc2cc(F)c(N3CC(NS(=O)(=O)c4cn(C)nn4)C3)cc2C1Cc1ccccc1. The molecule has 11 heteroatoms. The summed E-state index contributed by atoms with van der Waals surface area (Å²) in [5.74, 6) is 0.298. The number of fused-ring (bicyclic) bond motifs is 1. The number of benzene rings is 2. The molecule has 2 unspecified atom stereocenters. The molecule has 9 nitrogen and oxygen atoms in total. The Balaban J connectivity index is 1.34. The molecule has 0 radical (unpaired) electrons. The summed E-state index contributed by atoms with van der Waals surface area (Å²) in [4.78, 5) is 1.84. The maximum absolute atomic E-state index is 15.0. The van der Waals surface area contributed by atoms with Gasteiger partial charge in [0, 0.05) is 43.7 Å². The largest absolute Gasteiger partial charge is 0.492 e. The third-order valence-electron chi connectivity index (χ3n) is 6.45. The van der Waals surface area contributed by atoms with E-state index in [9.17, 15) is 8.42 Å². The maximum atomic E-state index is 15.0. The van der Waals surface area contributed by atoms with E-state index in [2.05, 4.69) is 32.5 Å². The van der Waals surface area contributed by atoms with Crippen molar-refractivity contribution in [2.75, 3.05) is 31.6 Å². The number of ether oxygens (including phenoxy) is 1. The number of nitrogens with one attached hydrogen (secondary N) is 2. The van der Waals surface area contributed by atoms with Gasteiger partial charge in [-0.15, -0.1) is 5.10 Å². The Morgan fingerprint density at radius 3 is 2.65 bits per heavy atom. The lowest BCUT2D eigenvalue weighted by Gasteiger charge is -2.42. The van der Waals surface area contributed by atoms with Gasteiger partial charge in [0.15, 0.2) is 0 Å². The molecule has 3 aromatic rings. The van der Waals surface area contributed by atoms with Crippen LogP contribution in [0.4, 0.5) is 10.1 Å². The minimum absolute atomic E-state index is 0.0916. The molecular formula is C23H27FN6O3S. The van der Waals surface area contributed by atoms with Crippen molar-refractivity contribution in [3.63, 3.8) is 0 Å². The molecule has 34 heavy (non-hydrogen) atoms. The van der Waals surface area contributed by atoms with Gasteiger partial charge in [0.2, 0.25) is 5.03 Å². The molecule has 1 saturated heterocycles. The van der Waals surface area contributed by atoms with Gasteiger partial charge in [0.25, 0.3) is 10.0 Å². The van der Waals surface area contributed by atoms with Crippen molar-refractivity contribution < 1.29 is 17.5 Å². The second kappa shape index (κ2) is 8.97. The number of aromatic nitrogens is 3. The first-order valence-corrected chi connectivity index (χ1v) is 12.6. The average molecular weight is 487 g/mol. The number of hydrogen-bond donors (Lipinski definition) is 2. The lowest BCUT2D eigenvalue weighted by Crippen LogP contribution is -2.59. The Labute approximate surface area is 198 Å². The summed E-state index contributed by atoms with van der Waals surface area (Å²) < 4.78 is 49.8. The van der Waals surface area contributed by atoms with Crippen LogP contribution >= 0.6 is 0 Å². The van der Waals surface area contributed by atoms with Crippen LogP contribution in [-0.4, -0.2) is 62.2 Å². The molecule has 1 fully saturated rings. The predicted octanol–water partition coefficient (Wildman–Crippen LogP) is 1.43. The molecule has 2 aliphatic heterocycles. The first-order chi connectivity index (χ1) is 16.3. The molecule has 1 aromatic heterocycles. The fourth-order valence-electron chi connectivity index (χ4n) is 4.61. The quantitative estimate of drug-likeness (QED) is 0.521. The fourth-order valence-corrected chi connectivity index (χ4v) is 5.76. The standard InChI is InChI=1S/C23H27FN6O3S/c1-25-20-14-33-22-10-19(24)21(9-18(22)17(20)8-15-6-4-3-5-7-15)30-11-16(12-30)27-34(31,32)23-13-29(2)28-26-23/h3-7,9-10,13,16-17,20,25,27H,8,11-12,14H2,1-2H3. The molecule has 0 spiro atoms. The van der Waals surface area contributed by atoms with E-state index in [1.54, 1.807) is 7.05 Å². The van der Waals surface area contributed by atoms with Crippen molar-refractivity contribution >= 4 is 15.7 Å². The van der Waals surface area contributed by atoms with E-state index in [0.29, 0.717) is 31.1 Å². The van der Waals surface area contributed by atoms with Crippen LogP contribution in [0.3, 0.4) is 0 Å². The second-order valence-corrected chi connectivity index (χ2v) is 10.5. The summed E-state index contributed by atoms with van der Waals surface area (Å²) in [5, 5.41) is 10.5. The highest BCUT2D eigenvalue weighted by molar-refractivity contribution is 7.89. The van der Waals surface area contributed by atoms with Crippen molar-refractivity contribution in [2.24, 2.45) is 7.05 Å². The van der Waals surface area contributed by atoms with Gasteiger partial charge in [-0.3, -0.25) is 4.68 Å². The van der Waals surface area contributed by atoms with E-state index in [-0.39, 0.29) is 28.8 Å². The van der Waals surface area contributed by atoms with Gasteiger partial charge >= 0.3 is 0 Å². The summed E-state index contributed by atoms with van der Waals surface area (Å²) >= 11 is 0. The lowest BCUT2D eigenvalue weighted by molar-refractivity contribution is 0.218. The molecule has 0 amide bonds. The summed E-state index contributed by atoms with van der Waals surface area (Å²) in [5.41, 5.74) is 2.61. The van der Waals surface area contributed by atoms with Crippen LogP contribution in [0, 0.1) is 5.82 Å². The molecule has 0 bridgehead atoms. The first kappa shape index (κ1) is 22.8. The van der Waals surface area contributed by atoms with Gasteiger partial charge in [0.1, 0.15) is 18.2 Å². The smallest absolute Gasteiger partial charge is 0.261 e. The molecule has 2 atom stereocenters. The van der Waals surface area contributed by atoms with Crippen LogP contribution < -0.4 is 19.7 Å². The molecule has 2 aliphatic rings. The number of nitrogens with zero attached hydrogens (tertiary/aromatic N) is 4. The number of likely N-dealkylation sites (N-methyl/N-ethyl adjacent to an activating group) is 1. The topological polar surface area (TPSA) is 101 Å². The minimum atomic E-state index is -3.78. The van der Waals surface area contributed by atoms with Crippen LogP contribution in [-0.2, 0) is 23.5 Å². The van der Waals surface area contributed by atoms with Crippen molar-refractivity contribution in [3.05, 3.63) is 65.6 Å². The maximum Gasteiger partial charge on any atom is 0.261 e. The van der Waals surface area contributed by atoms with Crippen LogP contribution in [0.1, 0.15) is 17.0 Å². The Morgan fingerprint density at radius 2 is 1.97 bits per heavy atom. The minimum Gasteiger partial charge on any atom is -0.492 e. The first-order valence-electron chi connectivity index (χ1n) is 11.1. The zero-order valence-corrected chi connectivity index (χ0v) is 19.8. The zero-order chi connectivity index (χ0) is 23.9. The van der Waals surface area contributed by atoms with Gasteiger partial charge in [-0.25, -0.2) is 17.5 Å². The second-order valence-electron chi connectivity index (χ2n) is 8.80. The number of aryl methyl sites for hydroxylation is 1. The van der Waals surface area contributed by atoms with Crippen LogP contribution in [0.5, 0.6) is 5.75 Å². The monoisotopic (exact) mass is 486 g/mol. The summed E-state index contributed by atoms with van der Waals surface area (Å²) in [6.45, 7) is 1.18. The highest BCUT2D eigenvalue weighted by Gasteiger charge is 2.36. The predicted molar refractivity (Wildman–Crippen MR) is 125 cm³/mol. The number of anilines is 1. The van der Waals surface area contributed by atoms with Gasteiger partial charge in [-0.2, -0.15) is 0 Å². The van der Waals surface area contributed by atoms with Crippen molar-refractivity contribution in [2.45, 2.75) is 29.4 Å². The van der Waals surface area contributed by atoms with E-state index in [0.717, 1.165) is 12.0 Å². The summed E-state index contributed by atoms with van der Waals surface area (Å²) in [7, 11) is -0.269. The van der Waals surface area contributed by atoms with Crippen molar-refractivity contribution in [3.8, 4) is 5.75 Å². The van der Waals surface area contributed by atoms with E-state index in [1.807, 2.05) is 36.2 Å². The van der Waals surface area contributed by atoms with Gasteiger partial charge in [0.05, 0.1) is 17.9 Å². The summed E-state index contributed by atoms with van der Waals surface area (Å²) in [6, 6.07) is 13.3. The van der Waals surface area contributed by atoms with E-state index in [1.165, 1.54) is 22.5 Å². The molecule has 2 aromatic carbocycles. The van der Waals surface area contributed by atoms with Crippen LogP contribution in [0.15, 0.2) is 53.7 Å². The normalized spacial score (nSPS) is 20.5. The lowest BCUT2D eigenvalue weighted by atomic mass is 9.83. The molecule has 0 aliphatic carbocycles. The Hall–Kier alpha value is -3.02. The third-order valence-corrected chi connectivity index (χ3v) is 7.83. The van der Waals surface area contributed by atoms with Gasteiger partial charge < -0.3 is 15.0 Å². The van der Waals surface area contributed by atoms with Crippen molar-refractivity contribution in [1.82, 2.24) is 25.0 Å². The molecule has 3 heterocycles. The van der Waals surface area contributed by atoms with Gasteiger partial charge in [-0.1, -0.05) is 35.5 Å². The summed E-state index contributed by atoms with van der Waals surface area (Å²) in [6.07, 6.45) is 2.14. The Kier molecular flexibility index (Phi) is 6.00. The highest BCUT2D eigenvalue weighted by Crippen LogP contribution is 2.40. The van der Waals surface area contributed by atoms with Crippen molar-refractivity contribution in [1.29, 1.82) is 0 Å². The Morgan fingerprint density at radius 1 is 1.21 bits per heavy atom. The molecule has 2 N–H and O–H groups in total. The van der Waals surface area contributed by atoms with E-state index < -0.39 is 10.0 Å². The third kappa shape index (κ3) is 4.38. The highest BCUT2D eigenvalue weighted by atomic mass is 32.2. The number of halogens is 1. The van der Waals surface area contributed by atoms with Crippen LogP contribution in [0.2, 0.25) is 0 Å². The fraction of sp³-hybridized carbons (Fsp3) is 0.391. The molecule has 180 valence electrons.